The van der Waals surface area contributed by atoms with Crippen molar-refractivity contribution in [2.24, 2.45) is 7.05 Å². The first-order chi connectivity index (χ1) is 17.8. The maximum absolute atomic E-state index is 13.0. The molecular formula is C27H26F3N5O2. The predicted molar refractivity (Wildman–Crippen MR) is 134 cm³/mol. The van der Waals surface area contributed by atoms with Gasteiger partial charge < -0.3 is 19.4 Å². The highest BCUT2D eigenvalue weighted by atomic mass is 19.4. The molecule has 5 rings (SSSR count). The minimum atomic E-state index is -4.48. The van der Waals surface area contributed by atoms with Crippen LogP contribution >= 0.6 is 0 Å². The molecule has 0 saturated carbocycles. The summed E-state index contributed by atoms with van der Waals surface area (Å²) < 4.78 is 51.2. The first kappa shape index (κ1) is 24.6. The zero-order valence-corrected chi connectivity index (χ0v) is 20.7. The Morgan fingerprint density at radius 1 is 0.919 bits per heavy atom. The number of benzene rings is 2. The lowest BCUT2D eigenvalue weighted by atomic mass is 10.1. The van der Waals surface area contributed by atoms with Crippen molar-refractivity contribution in [1.82, 2.24) is 19.5 Å². The van der Waals surface area contributed by atoms with Gasteiger partial charge in [0, 0.05) is 42.2 Å². The molecule has 0 bridgehead atoms. The predicted octanol–water partition coefficient (Wildman–Crippen LogP) is 5.68. The van der Waals surface area contributed by atoms with Crippen LogP contribution in [0.2, 0.25) is 0 Å². The van der Waals surface area contributed by atoms with Crippen LogP contribution in [-0.4, -0.2) is 33.7 Å². The number of aryl methyl sites for hydroxylation is 2. The lowest BCUT2D eigenvalue weighted by Crippen LogP contribution is -2.07. The van der Waals surface area contributed by atoms with Crippen molar-refractivity contribution in [2.75, 3.05) is 19.5 Å². The van der Waals surface area contributed by atoms with Crippen LogP contribution in [0.4, 0.5) is 19.0 Å². The van der Waals surface area contributed by atoms with E-state index in [1.165, 1.54) is 4.57 Å². The number of nitrogens with zero attached hydrogens (tertiary/aromatic N) is 4. The second kappa shape index (κ2) is 9.76. The zero-order valence-electron chi connectivity index (χ0n) is 20.7. The summed E-state index contributed by atoms with van der Waals surface area (Å²) in [5.74, 6) is 2.90. The Balaban J connectivity index is 1.37. The van der Waals surface area contributed by atoms with E-state index in [1.807, 2.05) is 30.3 Å². The first-order valence-electron chi connectivity index (χ1n) is 11.8. The van der Waals surface area contributed by atoms with Gasteiger partial charge in [0.25, 0.3) is 0 Å². The molecule has 2 heterocycles. The first-order valence-corrected chi connectivity index (χ1v) is 11.8. The minimum absolute atomic E-state index is 0.264. The largest absolute Gasteiger partial charge is 0.493 e. The average Bonchev–Trinajstić information content (AvgIpc) is 3.53. The topological polar surface area (TPSA) is 74.1 Å². The summed E-state index contributed by atoms with van der Waals surface area (Å²) >= 11 is 0. The molecule has 0 radical (unpaired) electrons. The molecule has 7 nitrogen and oxygen atoms in total. The zero-order chi connectivity index (χ0) is 26.2. The Labute approximate surface area is 212 Å². The highest BCUT2D eigenvalue weighted by Gasteiger charge is 2.34. The molecule has 0 fully saturated rings. The number of hydrogen-bond donors (Lipinski definition) is 1. The van der Waals surface area contributed by atoms with Gasteiger partial charge in [-0.3, -0.25) is 0 Å². The monoisotopic (exact) mass is 509 g/mol. The van der Waals surface area contributed by atoms with Gasteiger partial charge >= 0.3 is 6.18 Å². The van der Waals surface area contributed by atoms with Crippen LogP contribution in [-0.2, 0) is 32.6 Å². The number of fused-ring (bicyclic) bond motifs is 1. The van der Waals surface area contributed by atoms with Crippen LogP contribution in [0.5, 0.6) is 11.5 Å². The lowest BCUT2D eigenvalue weighted by Gasteiger charge is -2.14. The molecule has 0 atom stereocenters. The number of nitrogens with one attached hydrogen (secondary N) is 1. The third-order valence-electron chi connectivity index (χ3n) is 6.41. The third-order valence-corrected chi connectivity index (χ3v) is 6.41. The van der Waals surface area contributed by atoms with Gasteiger partial charge in [0.15, 0.2) is 23.0 Å². The second-order valence-electron chi connectivity index (χ2n) is 8.85. The Morgan fingerprint density at radius 3 is 2.32 bits per heavy atom. The number of imidazole rings is 1. The van der Waals surface area contributed by atoms with E-state index in [4.69, 9.17) is 19.4 Å². The summed E-state index contributed by atoms with van der Waals surface area (Å²) in [5.41, 5.74) is 3.65. The second-order valence-corrected chi connectivity index (χ2v) is 8.85. The summed E-state index contributed by atoms with van der Waals surface area (Å²) in [4.78, 5) is 13.4. The smallest absolute Gasteiger partial charge is 0.434 e. The van der Waals surface area contributed by atoms with E-state index >= 15 is 0 Å². The van der Waals surface area contributed by atoms with Crippen LogP contribution in [0.15, 0.2) is 48.7 Å². The van der Waals surface area contributed by atoms with E-state index < -0.39 is 11.9 Å². The van der Waals surface area contributed by atoms with Gasteiger partial charge in [0.2, 0.25) is 0 Å². The van der Waals surface area contributed by atoms with Crippen LogP contribution in [0.25, 0.3) is 22.8 Å². The number of methoxy groups -OCH3 is 2. The Bertz CT molecular complexity index is 1430. The number of hydrogen-bond acceptors (Lipinski definition) is 6. The molecule has 0 spiro atoms. The number of aromatic nitrogens is 4. The summed E-state index contributed by atoms with van der Waals surface area (Å²) in [5, 5.41) is 3.44. The summed E-state index contributed by atoms with van der Waals surface area (Å²) in [6.45, 7) is 0.503. The normalized spacial score (nSPS) is 12.9. The molecule has 0 unspecified atom stereocenters. The van der Waals surface area contributed by atoms with Gasteiger partial charge in [-0.25, -0.2) is 15.0 Å². The minimum Gasteiger partial charge on any atom is -0.493 e. The van der Waals surface area contributed by atoms with Gasteiger partial charge in [-0.1, -0.05) is 24.3 Å². The summed E-state index contributed by atoms with van der Waals surface area (Å²) in [6.07, 6.45) is -0.662. The highest BCUT2D eigenvalue weighted by Crippen LogP contribution is 2.34. The average molecular weight is 510 g/mol. The molecule has 192 valence electrons. The van der Waals surface area contributed by atoms with E-state index in [-0.39, 0.29) is 5.82 Å². The van der Waals surface area contributed by atoms with Crippen LogP contribution in [0, 0.1) is 0 Å². The summed E-state index contributed by atoms with van der Waals surface area (Å²) in [7, 11) is 4.74. The Hall–Kier alpha value is -4.08. The lowest BCUT2D eigenvalue weighted by molar-refractivity contribution is -0.140. The molecule has 2 aromatic heterocycles. The highest BCUT2D eigenvalue weighted by molar-refractivity contribution is 5.64. The molecular weight excluding hydrogens is 483 g/mol. The maximum Gasteiger partial charge on any atom is 0.434 e. The molecule has 10 heteroatoms. The standard InChI is InChI=1S/C27H26F3N5O2/c1-35-15-23(27(28,29)30)33-26(35)17-9-7-16(8-10-17)14-31-25-19-5-4-6-20(19)32-24(34-25)18-11-12-21(36-2)22(13-18)37-3/h7-13,15H,4-6,14H2,1-3H3,(H,31,32,34). The number of rotatable bonds is 7. The van der Waals surface area contributed by atoms with Crippen molar-refractivity contribution >= 4 is 5.82 Å². The molecule has 0 aliphatic heterocycles. The fourth-order valence-electron chi connectivity index (χ4n) is 4.51. The van der Waals surface area contributed by atoms with Crippen molar-refractivity contribution in [3.05, 3.63) is 71.2 Å². The van der Waals surface area contributed by atoms with Crippen molar-refractivity contribution in [2.45, 2.75) is 32.0 Å². The number of ether oxygens (including phenoxy) is 2. The van der Waals surface area contributed by atoms with E-state index in [0.29, 0.717) is 29.4 Å². The molecule has 1 aliphatic rings. The molecule has 4 aromatic rings. The van der Waals surface area contributed by atoms with Crippen LogP contribution < -0.4 is 14.8 Å². The van der Waals surface area contributed by atoms with Gasteiger partial charge in [0.1, 0.15) is 11.6 Å². The van der Waals surface area contributed by atoms with Crippen molar-refractivity contribution in [3.63, 3.8) is 0 Å². The fraction of sp³-hybridized carbons (Fsp3) is 0.296. The van der Waals surface area contributed by atoms with Crippen molar-refractivity contribution in [1.29, 1.82) is 0 Å². The van der Waals surface area contributed by atoms with Gasteiger partial charge in [-0.2, -0.15) is 13.2 Å². The molecule has 37 heavy (non-hydrogen) atoms. The molecule has 0 amide bonds. The third kappa shape index (κ3) is 4.96. The number of halogens is 3. The Morgan fingerprint density at radius 2 is 1.65 bits per heavy atom. The SMILES string of the molecule is COc1ccc(-c2nc3c(c(NCc4ccc(-c5nc(C(F)(F)F)cn5C)cc4)n2)CCC3)cc1OC. The van der Waals surface area contributed by atoms with Gasteiger partial charge in [-0.15, -0.1) is 0 Å². The van der Waals surface area contributed by atoms with E-state index in [2.05, 4.69) is 10.3 Å². The number of alkyl halides is 3. The molecule has 0 saturated heterocycles. The number of anilines is 1. The fourth-order valence-corrected chi connectivity index (χ4v) is 4.51. The Kier molecular flexibility index (Phi) is 6.49. The summed E-state index contributed by atoms with van der Waals surface area (Å²) in [6, 6.07) is 12.9. The van der Waals surface area contributed by atoms with Crippen LogP contribution in [0.1, 0.15) is 28.9 Å². The maximum atomic E-state index is 13.0. The quantitative estimate of drug-likeness (QED) is 0.346. The molecule has 2 aromatic carbocycles. The van der Waals surface area contributed by atoms with Crippen molar-refractivity contribution in [3.8, 4) is 34.3 Å². The molecule has 1 N–H and O–H groups in total. The van der Waals surface area contributed by atoms with E-state index in [0.717, 1.165) is 53.7 Å². The van der Waals surface area contributed by atoms with Gasteiger partial charge in [0.05, 0.1) is 14.2 Å². The van der Waals surface area contributed by atoms with E-state index in [1.54, 1.807) is 33.4 Å². The van der Waals surface area contributed by atoms with Gasteiger partial charge in [-0.05, 0) is 43.0 Å². The molecule has 1 aliphatic carbocycles. The van der Waals surface area contributed by atoms with Crippen LogP contribution in [0.3, 0.4) is 0 Å². The van der Waals surface area contributed by atoms with Crippen molar-refractivity contribution < 1.29 is 22.6 Å². The van der Waals surface area contributed by atoms with E-state index in [9.17, 15) is 13.2 Å².